The number of carboxylic acid groups (broad SMARTS) is 1. The van der Waals surface area contributed by atoms with Crippen molar-refractivity contribution in [3.8, 4) is 0 Å². The van der Waals surface area contributed by atoms with Gasteiger partial charge in [-0.15, -0.1) is 0 Å². The van der Waals surface area contributed by atoms with Gasteiger partial charge in [0.1, 0.15) is 17.7 Å². The van der Waals surface area contributed by atoms with Crippen molar-refractivity contribution >= 4 is 29.3 Å². The Kier molecular flexibility index (Phi) is 7.19. The van der Waals surface area contributed by atoms with Gasteiger partial charge in [0.2, 0.25) is 0 Å². The Morgan fingerprint density at radius 1 is 1.20 bits per heavy atom. The number of anilines is 1. The van der Waals surface area contributed by atoms with Crippen LogP contribution >= 0.6 is 0 Å². The molecule has 1 aliphatic rings. The molecule has 0 unspecified atom stereocenters. The van der Waals surface area contributed by atoms with Crippen LogP contribution in [0.15, 0.2) is 18.2 Å². The van der Waals surface area contributed by atoms with Gasteiger partial charge in [0, 0.05) is 37.9 Å². The second-order valence-corrected chi connectivity index (χ2v) is 7.84. The van der Waals surface area contributed by atoms with Gasteiger partial charge in [0.05, 0.1) is 4.92 Å². The van der Waals surface area contributed by atoms with E-state index in [0.29, 0.717) is 38.3 Å². The first-order valence-corrected chi connectivity index (χ1v) is 9.49. The lowest BCUT2D eigenvalue weighted by Gasteiger charge is -2.27. The Morgan fingerprint density at radius 3 is 2.50 bits per heavy atom. The second kappa shape index (κ2) is 9.42. The van der Waals surface area contributed by atoms with Gasteiger partial charge >= 0.3 is 12.1 Å². The minimum Gasteiger partial charge on any atom is -0.480 e. The van der Waals surface area contributed by atoms with Crippen molar-refractivity contribution in [1.82, 2.24) is 10.2 Å². The number of hydrogen-bond acceptors (Lipinski definition) is 7. The minimum absolute atomic E-state index is 0.216. The molecule has 0 atom stereocenters. The van der Waals surface area contributed by atoms with Gasteiger partial charge < -0.3 is 25.0 Å². The fourth-order valence-electron chi connectivity index (χ4n) is 3.00. The minimum atomic E-state index is -1.25. The Balaban J connectivity index is 2.18. The van der Waals surface area contributed by atoms with Gasteiger partial charge in [-0.25, -0.2) is 4.79 Å². The summed E-state index contributed by atoms with van der Waals surface area (Å²) < 4.78 is 5.41. The number of nitrogens with one attached hydrogen (secondary N) is 1. The Hall–Kier alpha value is -3.37. The summed E-state index contributed by atoms with van der Waals surface area (Å²) in [5.74, 6) is -2.09. The van der Waals surface area contributed by atoms with Crippen LogP contribution in [-0.2, 0) is 9.53 Å². The van der Waals surface area contributed by atoms with E-state index in [9.17, 15) is 24.5 Å². The highest BCUT2D eigenvalue weighted by Gasteiger charge is 2.26. The molecule has 11 nitrogen and oxygen atoms in total. The molecule has 1 aromatic rings. The normalized spacial score (nSPS) is 14.6. The summed E-state index contributed by atoms with van der Waals surface area (Å²) in [5.41, 5.74) is -0.648. The van der Waals surface area contributed by atoms with Crippen LogP contribution in [0.25, 0.3) is 0 Å². The summed E-state index contributed by atoms with van der Waals surface area (Å²) in [5, 5.41) is 22.1. The molecular weight excluding hydrogens is 396 g/mol. The number of nitro benzene ring substituents is 1. The molecule has 2 N–H and O–H groups in total. The highest BCUT2D eigenvalue weighted by atomic mass is 16.6. The van der Waals surface area contributed by atoms with Gasteiger partial charge in [-0.05, 0) is 39.3 Å². The fraction of sp³-hybridized carbons (Fsp3) is 0.526. The molecule has 2 amide bonds. The van der Waals surface area contributed by atoms with E-state index < -0.39 is 40.7 Å². The van der Waals surface area contributed by atoms with Crippen LogP contribution in [0.4, 0.5) is 16.2 Å². The third-order valence-corrected chi connectivity index (χ3v) is 4.33. The Bertz CT molecular complexity index is 835. The topological polar surface area (TPSA) is 142 Å². The van der Waals surface area contributed by atoms with E-state index in [1.165, 1.54) is 18.2 Å². The molecule has 0 saturated carbocycles. The maximum Gasteiger partial charge on any atom is 0.410 e. The molecule has 2 rings (SSSR count). The molecule has 1 fully saturated rings. The monoisotopic (exact) mass is 422 g/mol. The fourth-order valence-corrected chi connectivity index (χ4v) is 3.00. The molecule has 1 aliphatic heterocycles. The van der Waals surface area contributed by atoms with Crippen LogP contribution in [-0.4, -0.2) is 71.2 Å². The molecule has 1 saturated heterocycles. The van der Waals surface area contributed by atoms with Crippen LogP contribution < -0.4 is 10.2 Å². The largest absolute Gasteiger partial charge is 0.480 e. The average Bonchev–Trinajstić information content (AvgIpc) is 2.90. The number of benzene rings is 1. The number of rotatable bonds is 5. The van der Waals surface area contributed by atoms with Gasteiger partial charge in [-0.3, -0.25) is 19.7 Å². The van der Waals surface area contributed by atoms with Crippen LogP contribution in [0.1, 0.15) is 37.6 Å². The van der Waals surface area contributed by atoms with E-state index in [1.54, 1.807) is 25.7 Å². The maximum absolute atomic E-state index is 12.3. The third-order valence-electron chi connectivity index (χ3n) is 4.33. The number of carbonyl (C=O) groups is 3. The lowest BCUT2D eigenvalue weighted by atomic mass is 10.1. The standard InChI is InChI=1S/C19H26N4O7/c1-19(2,3)30-18(27)22-8-4-7-21(9-10-22)13-5-6-15(23(28)29)14(11-13)17(26)20-12-16(24)25/h5-6,11H,4,7-10,12H2,1-3H3,(H,20,26)(H,24,25). The zero-order valence-corrected chi connectivity index (χ0v) is 17.2. The van der Waals surface area contributed by atoms with Gasteiger partial charge in [-0.1, -0.05) is 0 Å². The van der Waals surface area contributed by atoms with Crippen LogP contribution in [0.3, 0.4) is 0 Å². The van der Waals surface area contributed by atoms with Crippen molar-refractivity contribution < 1.29 is 29.2 Å². The van der Waals surface area contributed by atoms with E-state index in [1.807, 2.05) is 4.90 Å². The molecule has 30 heavy (non-hydrogen) atoms. The van der Waals surface area contributed by atoms with E-state index in [2.05, 4.69) is 5.32 Å². The quantitative estimate of drug-likeness (QED) is 0.541. The molecule has 0 radical (unpaired) electrons. The van der Waals surface area contributed by atoms with Crippen molar-refractivity contribution in [2.24, 2.45) is 0 Å². The number of nitro groups is 1. The van der Waals surface area contributed by atoms with E-state index in [0.717, 1.165) is 0 Å². The van der Waals surface area contributed by atoms with Crippen LogP contribution in [0, 0.1) is 10.1 Å². The predicted octanol–water partition coefficient (Wildman–Crippen LogP) is 1.86. The number of amides is 2. The molecule has 1 heterocycles. The zero-order chi connectivity index (χ0) is 22.5. The van der Waals surface area contributed by atoms with Crippen molar-refractivity contribution in [2.75, 3.05) is 37.6 Å². The molecule has 0 aromatic heterocycles. The molecule has 0 bridgehead atoms. The Morgan fingerprint density at radius 2 is 1.90 bits per heavy atom. The van der Waals surface area contributed by atoms with Crippen LogP contribution in [0.5, 0.6) is 0 Å². The number of carbonyl (C=O) groups excluding carboxylic acids is 2. The molecule has 1 aromatic carbocycles. The van der Waals surface area contributed by atoms with Gasteiger partial charge in [0.15, 0.2) is 0 Å². The molecular formula is C19H26N4O7. The number of nitrogens with zero attached hydrogens (tertiary/aromatic N) is 3. The smallest absolute Gasteiger partial charge is 0.410 e. The summed E-state index contributed by atoms with van der Waals surface area (Å²) in [6.45, 7) is 6.67. The maximum atomic E-state index is 12.3. The summed E-state index contributed by atoms with van der Waals surface area (Å²) >= 11 is 0. The first kappa shape index (κ1) is 22.9. The van der Waals surface area contributed by atoms with Crippen molar-refractivity contribution in [2.45, 2.75) is 32.8 Å². The van der Waals surface area contributed by atoms with Gasteiger partial charge in [-0.2, -0.15) is 0 Å². The van der Waals surface area contributed by atoms with Crippen LogP contribution in [0.2, 0.25) is 0 Å². The van der Waals surface area contributed by atoms with Crippen molar-refractivity contribution in [1.29, 1.82) is 0 Å². The third kappa shape index (κ3) is 6.33. The number of hydrogen-bond donors (Lipinski definition) is 2. The first-order chi connectivity index (χ1) is 14.0. The van der Waals surface area contributed by atoms with Crippen molar-refractivity contribution in [3.63, 3.8) is 0 Å². The van der Waals surface area contributed by atoms with E-state index in [4.69, 9.17) is 9.84 Å². The SMILES string of the molecule is CC(C)(C)OC(=O)N1CCCN(c2ccc([N+](=O)[O-])c(C(=O)NCC(=O)O)c2)CC1. The number of aliphatic carboxylic acids is 1. The highest BCUT2D eigenvalue weighted by Crippen LogP contribution is 2.26. The first-order valence-electron chi connectivity index (χ1n) is 9.49. The molecule has 164 valence electrons. The lowest BCUT2D eigenvalue weighted by Crippen LogP contribution is -2.39. The molecule has 11 heteroatoms. The molecule has 0 aliphatic carbocycles. The summed E-state index contributed by atoms with van der Waals surface area (Å²) in [4.78, 5) is 49.4. The molecule has 0 spiro atoms. The van der Waals surface area contributed by atoms with E-state index >= 15 is 0 Å². The van der Waals surface area contributed by atoms with Crippen molar-refractivity contribution in [3.05, 3.63) is 33.9 Å². The summed E-state index contributed by atoms with van der Waals surface area (Å²) in [6, 6.07) is 4.13. The zero-order valence-electron chi connectivity index (χ0n) is 17.2. The van der Waals surface area contributed by atoms with Gasteiger partial charge in [0.25, 0.3) is 11.6 Å². The average molecular weight is 422 g/mol. The summed E-state index contributed by atoms with van der Waals surface area (Å²) in [6.07, 6.45) is 0.248. The van der Waals surface area contributed by atoms with E-state index in [-0.39, 0.29) is 5.56 Å². The lowest BCUT2D eigenvalue weighted by molar-refractivity contribution is -0.385. The second-order valence-electron chi connectivity index (χ2n) is 7.84. The highest BCUT2D eigenvalue weighted by molar-refractivity contribution is 6.00. The number of carboxylic acids is 1. The Labute approximate surface area is 173 Å². The predicted molar refractivity (Wildman–Crippen MR) is 108 cm³/mol. The summed E-state index contributed by atoms with van der Waals surface area (Å²) in [7, 11) is 0. The number of ether oxygens (including phenoxy) is 1.